The van der Waals surface area contributed by atoms with E-state index in [-0.39, 0.29) is 24.1 Å². The Bertz CT molecular complexity index is 242. The van der Waals surface area contributed by atoms with Crippen LogP contribution >= 0.6 is 0 Å². The summed E-state index contributed by atoms with van der Waals surface area (Å²) >= 11 is 0. The minimum absolute atomic E-state index is 0.00118. The van der Waals surface area contributed by atoms with Gasteiger partial charge < -0.3 is 14.2 Å². The summed E-state index contributed by atoms with van der Waals surface area (Å²) in [5.74, 6) is -0.318. The number of hydrogen-bond donors (Lipinski definition) is 0. The van der Waals surface area contributed by atoms with Gasteiger partial charge in [-0.15, -0.1) is 0 Å². The van der Waals surface area contributed by atoms with Crippen molar-refractivity contribution < 1.29 is 19.0 Å². The zero-order valence-electron chi connectivity index (χ0n) is 11.3. The molecule has 0 aliphatic carbocycles. The van der Waals surface area contributed by atoms with Crippen molar-refractivity contribution in [3.05, 3.63) is 0 Å². The van der Waals surface area contributed by atoms with Crippen LogP contribution < -0.4 is 0 Å². The van der Waals surface area contributed by atoms with E-state index in [0.717, 1.165) is 19.3 Å². The van der Waals surface area contributed by atoms with Gasteiger partial charge in [0, 0.05) is 6.61 Å². The van der Waals surface area contributed by atoms with E-state index >= 15 is 0 Å². The van der Waals surface area contributed by atoms with Gasteiger partial charge in [0.1, 0.15) is 0 Å². The maximum Gasteiger partial charge on any atom is 0.313 e. The van der Waals surface area contributed by atoms with E-state index in [0.29, 0.717) is 6.61 Å². The van der Waals surface area contributed by atoms with Gasteiger partial charge in [-0.05, 0) is 33.1 Å². The molecule has 0 amide bonds. The van der Waals surface area contributed by atoms with E-state index in [2.05, 4.69) is 6.92 Å². The number of carbonyl (C=O) groups is 1. The smallest absolute Gasteiger partial charge is 0.313 e. The average molecular weight is 244 g/mol. The van der Waals surface area contributed by atoms with Crippen molar-refractivity contribution >= 4 is 5.97 Å². The van der Waals surface area contributed by atoms with E-state index in [1.807, 2.05) is 13.8 Å². The van der Waals surface area contributed by atoms with Crippen molar-refractivity contribution in [2.24, 2.45) is 5.92 Å². The Kier molecular flexibility index (Phi) is 5.92. The highest BCUT2D eigenvalue weighted by Crippen LogP contribution is 2.31. The second-order valence-electron chi connectivity index (χ2n) is 4.42. The molecule has 0 saturated carbocycles. The fraction of sp³-hybridized carbons (Fsp3) is 0.923. The first-order valence-electron chi connectivity index (χ1n) is 6.59. The summed E-state index contributed by atoms with van der Waals surface area (Å²) in [7, 11) is 0. The van der Waals surface area contributed by atoms with Crippen LogP contribution in [0.5, 0.6) is 0 Å². The van der Waals surface area contributed by atoms with Crippen LogP contribution in [0.3, 0.4) is 0 Å². The predicted octanol–water partition coefficient (Wildman–Crippen LogP) is 2.51. The molecule has 0 spiro atoms. The van der Waals surface area contributed by atoms with Crippen molar-refractivity contribution in [1.29, 1.82) is 0 Å². The molecule has 17 heavy (non-hydrogen) atoms. The van der Waals surface area contributed by atoms with E-state index in [1.54, 1.807) is 6.92 Å². The highest BCUT2D eigenvalue weighted by atomic mass is 16.7. The summed E-state index contributed by atoms with van der Waals surface area (Å²) in [5.41, 5.74) is 0. The van der Waals surface area contributed by atoms with Crippen LogP contribution in [0.15, 0.2) is 0 Å². The van der Waals surface area contributed by atoms with Gasteiger partial charge in [-0.3, -0.25) is 4.79 Å². The Morgan fingerprint density at radius 3 is 2.59 bits per heavy atom. The maximum absolute atomic E-state index is 12.0. The molecule has 4 atom stereocenters. The molecular formula is C13H24O4. The van der Waals surface area contributed by atoms with Gasteiger partial charge >= 0.3 is 5.97 Å². The fourth-order valence-electron chi connectivity index (χ4n) is 2.24. The molecule has 4 heteroatoms. The van der Waals surface area contributed by atoms with Gasteiger partial charge in [0.25, 0.3) is 0 Å². The van der Waals surface area contributed by atoms with E-state index in [9.17, 15) is 4.79 Å². The van der Waals surface area contributed by atoms with Crippen molar-refractivity contribution in [3.63, 3.8) is 0 Å². The first-order chi connectivity index (χ1) is 8.12. The Labute approximate surface area is 104 Å². The molecule has 100 valence electrons. The third-order valence-electron chi connectivity index (χ3n) is 3.18. The quantitative estimate of drug-likeness (QED) is 0.532. The Morgan fingerprint density at radius 2 is 2.06 bits per heavy atom. The molecule has 1 aliphatic rings. The summed E-state index contributed by atoms with van der Waals surface area (Å²) in [6.45, 7) is 8.29. The van der Waals surface area contributed by atoms with Gasteiger partial charge in [-0.25, -0.2) is 0 Å². The fourth-order valence-corrected chi connectivity index (χ4v) is 2.24. The van der Waals surface area contributed by atoms with Crippen molar-refractivity contribution in [3.8, 4) is 0 Å². The summed E-state index contributed by atoms with van der Waals surface area (Å²) in [6, 6.07) is 0. The van der Waals surface area contributed by atoms with Crippen molar-refractivity contribution in [1.82, 2.24) is 0 Å². The lowest BCUT2D eigenvalue weighted by Gasteiger charge is -2.18. The van der Waals surface area contributed by atoms with E-state index in [1.165, 1.54) is 0 Å². The number of esters is 1. The topological polar surface area (TPSA) is 44.8 Å². The zero-order valence-corrected chi connectivity index (χ0v) is 11.3. The second kappa shape index (κ2) is 6.97. The van der Waals surface area contributed by atoms with Crippen LogP contribution in [0.4, 0.5) is 0 Å². The Hall–Kier alpha value is -0.610. The largest absolute Gasteiger partial charge is 0.436 e. The van der Waals surface area contributed by atoms with Crippen LogP contribution in [0, 0.1) is 5.92 Å². The van der Waals surface area contributed by atoms with Crippen LogP contribution in [-0.4, -0.2) is 31.1 Å². The predicted molar refractivity (Wildman–Crippen MR) is 64.5 cm³/mol. The molecule has 4 unspecified atom stereocenters. The summed E-state index contributed by atoms with van der Waals surface area (Å²) in [6.07, 6.45) is 2.29. The summed E-state index contributed by atoms with van der Waals surface area (Å²) in [4.78, 5) is 12.0. The normalized spacial score (nSPS) is 30.2. The Morgan fingerprint density at radius 1 is 1.35 bits per heavy atom. The lowest BCUT2D eigenvalue weighted by Crippen LogP contribution is -2.29. The lowest BCUT2D eigenvalue weighted by atomic mass is 9.97. The number of hydrogen-bond acceptors (Lipinski definition) is 4. The standard InChI is InChI=1S/C13H24O4/c1-5-10-8-11(12(6-2)17-10)13(14)16-9(4)15-7-3/h9-12H,5-8H2,1-4H3. The minimum Gasteiger partial charge on any atom is -0.436 e. The number of rotatable bonds is 6. The van der Waals surface area contributed by atoms with Gasteiger partial charge in [-0.2, -0.15) is 0 Å². The first kappa shape index (κ1) is 14.5. The molecule has 0 radical (unpaired) electrons. The van der Waals surface area contributed by atoms with E-state index < -0.39 is 6.29 Å². The molecule has 1 heterocycles. The molecule has 1 fully saturated rings. The van der Waals surface area contributed by atoms with Crippen LogP contribution in [0.1, 0.15) is 47.0 Å². The molecule has 0 aromatic heterocycles. The third kappa shape index (κ3) is 3.96. The second-order valence-corrected chi connectivity index (χ2v) is 4.42. The zero-order chi connectivity index (χ0) is 12.8. The SMILES string of the molecule is CCOC(C)OC(=O)C1CC(CC)OC1CC. The molecule has 0 N–H and O–H groups in total. The Balaban J connectivity index is 2.49. The van der Waals surface area contributed by atoms with Gasteiger partial charge in [-0.1, -0.05) is 13.8 Å². The number of ether oxygens (including phenoxy) is 3. The summed E-state index contributed by atoms with van der Waals surface area (Å²) < 4.78 is 16.3. The van der Waals surface area contributed by atoms with Crippen molar-refractivity contribution in [2.45, 2.75) is 65.5 Å². The van der Waals surface area contributed by atoms with Gasteiger partial charge in [0.05, 0.1) is 18.1 Å². The maximum atomic E-state index is 12.0. The molecule has 0 aromatic carbocycles. The van der Waals surface area contributed by atoms with Gasteiger partial charge in [0.2, 0.25) is 0 Å². The monoisotopic (exact) mass is 244 g/mol. The van der Waals surface area contributed by atoms with Crippen LogP contribution in [0.2, 0.25) is 0 Å². The molecule has 0 bridgehead atoms. The first-order valence-corrected chi connectivity index (χ1v) is 6.59. The molecule has 1 saturated heterocycles. The molecule has 0 aromatic rings. The summed E-state index contributed by atoms with van der Waals surface area (Å²) in [5, 5.41) is 0. The molecule has 1 aliphatic heterocycles. The highest BCUT2D eigenvalue weighted by molar-refractivity contribution is 5.73. The minimum atomic E-state index is -0.467. The van der Waals surface area contributed by atoms with E-state index in [4.69, 9.17) is 14.2 Å². The lowest BCUT2D eigenvalue weighted by molar-refractivity contribution is -0.180. The van der Waals surface area contributed by atoms with Crippen LogP contribution in [0.25, 0.3) is 0 Å². The molecule has 4 nitrogen and oxygen atoms in total. The van der Waals surface area contributed by atoms with Gasteiger partial charge in [0.15, 0.2) is 6.29 Å². The van der Waals surface area contributed by atoms with Crippen molar-refractivity contribution in [2.75, 3.05) is 6.61 Å². The molecular weight excluding hydrogens is 220 g/mol. The number of carbonyl (C=O) groups excluding carboxylic acids is 1. The third-order valence-corrected chi connectivity index (χ3v) is 3.18. The highest BCUT2D eigenvalue weighted by Gasteiger charge is 2.39. The average Bonchev–Trinajstić information content (AvgIpc) is 2.72. The molecule has 1 rings (SSSR count). The van der Waals surface area contributed by atoms with Crippen LogP contribution in [-0.2, 0) is 19.0 Å².